The Hall–Kier alpha value is -0.0400. The first kappa shape index (κ1) is 15.4. The predicted molar refractivity (Wildman–Crippen MR) is 88.8 cm³/mol. The minimum atomic E-state index is 0.0616. The van der Waals surface area contributed by atoms with Gasteiger partial charge in [0.15, 0.2) is 0 Å². The molecule has 1 aliphatic rings. The van der Waals surface area contributed by atoms with Crippen molar-refractivity contribution in [3.05, 3.63) is 27.1 Å². The lowest BCUT2D eigenvalue weighted by molar-refractivity contribution is -0.113. The lowest BCUT2D eigenvalue weighted by Crippen LogP contribution is -2.30. The van der Waals surface area contributed by atoms with Crippen LogP contribution in [0.5, 0.6) is 0 Å². The number of rotatable bonds is 4. The summed E-state index contributed by atoms with van der Waals surface area (Å²) in [6.45, 7) is 2.13. The molecule has 1 fully saturated rings. The summed E-state index contributed by atoms with van der Waals surface area (Å²) in [7, 11) is 0. The number of carbonyl (C=O) groups excluding carboxylic acids is 1. The molecule has 6 heteroatoms. The van der Waals surface area contributed by atoms with Gasteiger partial charge in [-0.2, -0.15) is 0 Å². The molecule has 3 nitrogen and oxygen atoms in total. The lowest BCUT2D eigenvalue weighted by atomic mass is 10.2. The molecule has 1 aromatic rings. The molecular weight excluding hydrogens is 392 g/mol. The molecule has 0 aromatic heterocycles. The largest absolute Gasteiger partial charge is 0.324 e. The molecule has 0 bridgehead atoms. The van der Waals surface area contributed by atoms with E-state index in [2.05, 4.69) is 42.5 Å². The fourth-order valence-electron chi connectivity index (χ4n) is 1.93. The Kier molecular flexibility index (Phi) is 6.19. The van der Waals surface area contributed by atoms with Crippen molar-refractivity contribution in [1.82, 2.24) is 5.32 Å². The zero-order chi connectivity index (χ0) is 13.7. The van der Waals surface area contributed by atoms with Crippen LogP contribution in [0, 0.1) is 0 Å². The van der Waals surface area contributed by atoms with Crippen LogP contribution in [0.1, 0.15) is 12.8 Å². The van der Waals surface area contributed by atoms with E-state index in [1.54, 1.807) is 11.8 Å². The van der Waals surface area contributed by atoms with Crippen molar-refractivity contribution >= 4 is 55.2 Å². The van der Waals surface area contributed by atoms with Crippen LogP contribution in [0.25, 0.3) is 0 Å². The summed E-state index contributed by atoms with van der Waals surface area (Å²) in [5.74, 6) is 0.583. The van der Waals surface area contributed by atoms with Gasteiger partial charge in [-0.25, -0.2) is 0 Å². The maximum Gasteiger partial charge on any atom is 0.234 e. The SMILES string of the molecule is O=C(CSC1CCNCC1)Nc1ccc(Br)cc1Br. The number of nitrogens with one attached hydrogen (secondary N) is 2. The normalized spacial score (nSPS) is 16.3. The minimum absolute atomic E-state index is 0.0616. The molecule has 0 spiro atoms. The highest BCUT2D eigenvalue weighted by atomic mass is 79.9. The molecule has 0 radical (unpaired) electrons. The van der Waals surface area contributed by atoms with Gasteiger partial charge in [-0.1, -0.05) is 15.9 Å². The van der Waals surface area contributed by atoms with Crippen LogP contribution in [0.4, 0.5) is 5.69 Å². The topological polar surface area (TPSA) is 41.1 Å². The Balaban J connectivity index is 1.80. The molecule has 1 amide bonds. The average molecular weight is 408 g/mol. The van der Waals surface area contributed by atoms with Crippen molar-refractivity contribution in [1.29, 1.82) is 0 Å². The van der Waals surface area contributed by atoms with E-state index >= 15 is 0 Å². The molecule has 0 aliphatic carbocycles. The smallest absolute Gasteiger partial charge is 0.234 e. The van der Waals surface area contributed by atoms with Crippen molar-refractivity contribution in [2.24, 2.45) is 0 Å². The summed E-state index contributed by atoms with van der Waals surface area (Å²) >= 11 is 8.59. The Morgan fingerprint density at radius 2 is 2.11 bits per heavy atom. The Morgan fingerprint density at radius 1 is 1.37 bits per heavy atom. The van der Waals surface area contributed by atoms with Gasteiger partial charge in [0, 0.05) is 14.2 Å². The van der Waals surface area contributed by atoms with Gasteiger partial charge < -0.3 is 10.6 Å². The van der Waals surface area contributed by atoms with Gasteiger partial charge in [0.1, 0.15) is 0 Å². The summed E-state index contributed by atoms with van der Waals surface area (Å²) in [5.41, 5.74) is 0.819. The second-order valence-corrected chi connectivity index (χ2v) is 7.49. The lowest BCUT2D eigenvalue weighted by Gasteiger charge is -2.21. The number of halogens is 2. The van der Waals surface area contributed by atoms with Crippen LogP contribution in [0.3, 0.4) is 0 Å². The average Bonchev–Trinajstić information content (AvgIpc) is 2.41. The van der Waals surface area contributed by atoms with Crippen LogP contribution in [-0.2, 0) is 4.79 Å². The van der Waals surface area contributed by atoms with Crippen LogP contribution in [0.2, 0.25) is 0 Å². The molecule has 19 heavy (non-hydrogen) atoms. The van der Waals surface area contributed by atoms with Crippen LogP contribution in [-0.4, -0.2) is 30.0 Å². The Labute approximate surface area is 134 Å². The first-order valence-corrected chi connectivity index (χ1v) is 8.86. The number of piperidine rings is 1. The van der Waals surface area contributed by atoms with E-state index in [1.807, 2.05) is 18.2 Å². The molecule has 0 atom stereocenters. The predicted octanol–water partition coefficient (Wildman–Crippen LogP) is 3.64. The maximum atomic E-state index is 11.9. The van der Waals surface area contributed by atoms with Crippen molar-refractivity contribution < 1.29 is 4.79 Å². The van der Waals surface area contributed by atoms with Crippen LogP contribution >= 0.6 is 43.6 Å². The van der Waals surface area contributed by atoms with E-state index in [0.717, 1.165) is 40.6 Å². The Morgan fingerprint density at radius 3 is 2.79 bits per heavy atom. The third kappa shape index (κ3) is 5.10. The van der Waals surface area contributed by atoms with E-state index < -0.39 is 0 Å². The monoisotopic (exact) mass is 406 g/mol. The number of anilines is 1. The summed E-state index contributed by atoms with van der Waals surface area (Å²) in [6, 6.07) is 5.73. The van der Waals surface area contributed by atoms with Gasteiger partial charge in [-0.05, 0) is 60.1 Å². The standard InChI is InChI=1S/C13H16Br2N2OS/c14-9-1-2-12(11(15)7-9)17-13(18)8-19-10-3-5-16-6-4-10/h1-2,7,10,16H,3-6,8H2,(H,17,18). The van der Waals surface area contributed by atoms with Gasteiger partial charge in [0.2, 0.25) is 5.91 Å². The zero-order valence-corrected chi connectivity index (χ0v) is 14.4. The minimum Gasteiger partial charge on any atom is -0.324 e. The zero-order valence-electron chi connectivity index (χ0n) is 10.4. The van der Waals surface area contributed by atoms with Crippen molar-refractivity contribution in [2.45, 2.75) is 18.1 Å². The van der Waals surface area contributed by atoms with E-state index in [4.69, 9.17) is 0 Å². The molecule has 2 rings (SSSR count). The summed E-state index contributed by atoms with van der Waals surface area (Å²) in [5, 5.41) is 6.88. The summed E-state index contributed by atoms with van der Waals surface area (Å²) in [6.07, 6.45) is 2.31. The molecule has 2 N–H and O–H groups in total. The number of hydrogen-bond donors (Lipinski definition) is 2. The molecule has 0 unspecified atom stereocenters. The number of amides is 1. The quantitative estimate of drug-likeness (QED) is 0.800. The van der Waals surface area contributed by atoms with E-state index in [9.17, 15) is 4.79 Å². The van der Waals surface area contributed by atoms with Gasteiger partial charge in [-0.3, -0.25) is 4.79 Å². The molecule has 1 heterocycles. The molecule has 1 aromatic carbocycles. The number of hydrogen-bond acceptors (Lipinski definition) is 3. The number of thioether (sulfide) groups is 1. The van der Waals surface area contributed by atoms with Crippen LogP contribution < -0.4 is 10.6 Å². The first-order valence-electron chi connectivity index (χ1n) is 6.22. The van der Waals surface area contributed by atoms with Gasteiger partial charge in [-0.15, -0.1) is 11.8 Å². The molecule has 1 aliphatic heterocycles. The first-order chi connectivity index (χ1) is 9.15. The third-order valence-electron chi connectivity index (χ3n) is 2.94. The second-order valence-electron chi connectivity index (χ2n) is 4.43. The Bertz CT molecular complexity index is 450. The molecule has 104 valence electrons. The van der Waals surface area contributed by atoms with Crippen molar-refractivity contribution in [3.63, 3.8) is 0 Å². The highest BCUT2D eigenvalue weighted by Crippen LogP contribution is 2.26. The molecule has 0 saturated carbocycles. The summed E-state index contributed by atoms with van der Waals surface area (Å²) < 4.78 is 1.88. The third-order valence-corrected chi connectivity index (χ3v) is 5.46. The number of carbonyl (C=O) groups is 1. The number of benzene rings is 1. The van der Waals surface area contributed by atoms with Gasteiger partial charge >= 0.3 is 0 Å². The van der Waals surface area contributed by atoms with Crippen LogP contribution in [0.15, 0.2) is 27.1 Å². The fourth-order valence-corrected chi connectivity index (χ4v) is 4.11. The molecule has 1 saturated heterocycles. The highest BCUT2D eigenvalue weighted by molar-refractivity contribution is 9.11. The van der Waals surface area contributed by atoms with Crippen molar-refractivity contribution in [3.8, 4) is 0 Å². The fraction of sp³-hybridized carbons (Fsp3) is 0.462. The molecular formula is C13H16Br2N2OS. The summed E-state index contributed by atoms with van der Waals surface area (Å²) in [4.78, 5) is 11.9. The van der Waals surface area contributed by atoms with Crippen molar-refractivity contribution in [2.75, 3.05) is 24.2 Å². The van der Waals surface area contributed by atoms with E-state index in [-0.39, 0.29) is 5.91 Å². The van der Waals surface area contributed by atoms with Gasteiger partial charge in [0.05, 0.1) is 11.4 Å². The van der Waals surface area contributed by atoms with Gasteiger partial charge in [0.25, 0.3) is 0 Å². The maximum absolute atomic E-state index is 11.9. The highest BCUT2D eigenvalue weighted by Gasteiger charge is 2.15. The second kappa shape index (κ2) is 7.67. The van der Waals surface area contributed by atoms with E-state index in [0.29, 0.717) is 11.0 Å². The van der Waals surface area contributed by atoms with E-state index in [1.165, 1.54) is 0 Å².